The van der Waals surface area contributed by atoms with E-state index in [0.29, 0.717) is 11.4 Å². The monoisotopic (exact) mass is 279 g/mol. The van der Waals surface area contributed by atoms with E-state index in [1.165, 1.54) is 36.8 Å². The highest BCUT2D eigenvalue weighted by molar-refractivity contribution is 8.00. The normalized spacial score (nSPS) is 17.8. The Morgan fingerprint density at radius 2 is 1.79 bits per heavy atom. The van der Waals surface area contributed by atoms with E-state index in [9.17, 15) is 0 Å². The smallest absolute Gasteiger partial charge is 0.0713 e. The minimum atomic E-state index is 0.496. The first-order valence-corrected chi connectivity index (χ1v) is 8.33. The van der Waals surface area contributed by atoms with Crippen molar-refractivity contribution >= 4 is 11.8 Å². The molecule has 0 atom stereocenters. The fourth-order valence-corrected chi connectivity index (χ4v) is 3.77. The number of hydrogen-bond donors (Lipinski definition) is 1. The van der Waals surface area contributed by atoms with Crippen LogP contribution in [0.25, 0.3) is 0 Å². The summed E-state index contributed by atoms with van der Waals surface area (Å²) in [5.74, 6) is 0. The van der Waals surface area contributed by atoms with Gasteiger partial charge in [-0.25, -0.2) is 0 Å². The average Bonchev–Trinajstić information content (AvgIpc) is 2.91. The number of benzene rings is 1. The Labute approximate surface area is 121 Å². The number of rotatable bonds is 7. The molecule has 0 aliphatic heterocycles. The number of nitrogens with one attached hydrogen (secondary N) is 1. The summed E-state index contributed by atoms with van der Waals surface area (Å²) in [7, 11) is 1.74. The molecule has 2 nitrogen and oxygen atoms in total. The van der Waals surface area contributed by atoms with Gasteiger partial charge in [0.25, 0.3) is 0 Å². The first kappa shape index (κ1) is 14.9. The Morgan fingerprint density at radius 1 is 1.16 bits per heavy atom. The summed E-state index contributed by atoms with van der Waals surface area (Å²) in [5.41, 5.74) is 2.59. The second kappa shape index (κ2) is 7.32. The number of ether oxygens (including phenoxy) is 1. The molecule has 1 aromatic carbocycles. The van der Waals surface area contributed by atoms with Gasteiger partial charge in [0.05, 0.1) is 6.61 Å². The highest BCUT2D eigenvalue weighted by Gasteiger charge is 2.32. The molecule has 19 heavy (non-hydrogen) atoms. The van der Waals surface area contributed by atoms with E-state index < -0.39 is 0 Å². The topological polar surface area (TPSA) is 21.3 Å². The summed E-state index contributed by atoms with van der Waals surface area (Å²) in [6.45, 7) is 2.80. The first-order valence-electron chi connectivity index (χ1n) is 7.11. The second-order valence-electron chi connectivity index (χ2n) is 5.45. The lowest BCUT2D eigenvalue weighted by molar-refractivity contribution is 0.185. The molecular formula is C16H25NOS. The Hall–Kier alpha value is -0.510. The highest BCUT2D eigenvalue weighted by Crippen LogP contribution is 2.39. The van der Waals surface area contributed by atoms with Crippen LogP contribution in [0, 0.1) is 0 Å². The molecule has 0 bridgehead atoms. The number of thioether (sulfide) groups is 1. The van der Waals surface area contributed by atoms with Crippen molar-refractivity contribution in [3.05, 3.63) is 35.4 Å². The van der Waals surface area contributed by atoms with Crippen molar-refractivity contribution in [3.63, 3.8) is 0 Å². The van der Waals surface area contributed by atoms with Crippen molar-refractivity contribution in [2.24, 2.45) is 0 Å². The molecule has 1 saturated carbocycles. The van der Waals surface area contributed by atoms with Crippen molar-refractivity contribution in [1.82, 2.24) is 5.32 Å². The van der Waals surface area contributed by atoms with Gasteiger partial charge in [0.1, 0.15) is 0 Å². The quantitative estimate of drug-likeness (QED) is 0.824. The predicted molar refractivity (Wildman–Crippen MR) is 83.6 cm³/mol. The van der Waals surface area contributed by atoms with Crippen molar-refractivity contribution in [3.8, 4) is 0 Å². The predicted octanol–water partition coefficient (Wildman–Crippen LogP) is 3.60. The minimum Gasteiger partial charge on any atom is -0.380 e. The third-order valence-corrected chi connectivity index (χ3v) is 5.48. The first-order chi connectivity index (χ1) is 9.28. The van der Waals surface area contributed by atoms with Gasteiger partial charge in [0.2, 0.25) is 0 Å². The summed E-state index contributed by atoms with van der Waals surface area (Å²) in [6.07, 6.45) is 7.79. The van der Waals surface area contributed by atoms with Gasteiger partial charge in [-0.3, -0.25) is 0 Å². The second-order valence-corrected chi connectivity index (χ2v) is 6.72. The third kappa shape index (κ3) is 4.23. The fraction of sp³-hybridized carbons (Fsp3) is 0.625. The Bertz CT molecular complexity index is 371. The number of methoxy groups -OCH3 is 1. The summed E-state index contributed by atoms with van der Waals surface area (Å²) in [5, 5.41) is 3.63. The summed E-state index contributed by atoms with van der Waals surface area (Å²) < 4.78 is 5.62. The molecule has 0 radical (unpaired) electrons. The summed E-state index contributed by atoms with van der Waals surface area (Å²) in [4.78, 5) is 0. The molecule has 2 rings (SSSR count). The van der Waals surface area contributed by atoms with Gasteiger partial charge in [-0.2, -0.15) is 11.8 Å². The van der Waals surface area contributed by atoms with E-state index in [0.717, 1.165) is 13.1 Å². The molecule has 0 amide bonds. The van der Waals surface area contributed by atoms with E-state index >= 15 is 0 Å². The SMILES string of the molecule is COCc1ccc(CNCC2(SC)CCCC2)cc1. The van der Waals surface area contributed by atoms with Crippen LogP contribution in [0.3, 0.4) is 0 Å². The van der Waals surface area contributed by atoms with Crippen molar-refractivity contribution in [2.75, 3.05) is 19.9 Å². The van der Waals surface area contributed by atoms with Gasteiger partial charge in [-0.1, -0.05) is 37.1 Å². The van der Waals surface area contributed by atoms with Crippen molar-refractivity contribution < 1.29 is 4.74 Å². The van der Waals surface area contributed by atoms with E-state index in [1.54, 1.807) is 7.11 Å². The van der Waals surface area contributed by atoms with Gasteiger partial charge >= 0.3 is 0 Å². The maximum atomic E-state index is 5.13. The molecule has 106 valence electrons. The lowest BCUT2D eigenvalue weighted by Gasteiger charge is -2.27. The van der Waals surface area contributed by atoms with Gasteiger partial charge < -0.3 is 10.1 Å². The van der Waals surface area contributed by atoms with E-state index in [4.69, 9.17) is 4.74 Å². The molecule has 1 aliphatic carbocycles. The maximum Gasteiger partial charge on any atom is 0.0713 e. The zero-order valence-corrected chi connectivity index (χ0v) is 12.9. The molecule has 3 heteroatoms. The van der Waals surface area contributed by atoms with Crippen LogP contribution in [0.1, 0.15) is 36.8 Å². The standard InChI is InChI=1S/C16H25NOS/c1-18-12-15-7-5-14(6-8-15)11-17-13-16(19-2)9-3-4-10-16/h5-8,17H,3-4,9-13H2,1-2H3. The van der Waals surface area contributed by atoms with Crippen LogP contribution in [0.2, 0.25) is 0 Å². The molecule has 0 unspecified atom stereocenters. The Morgan fingerprint density at radius 3 is 2.37 bits per heavy atom. The van der Waals surface area contributed by atoms with Gasteiger partial charge in [0, 0.05) is 24.9 Å². The van der Waals surface area contributed by atoms with Crippen LogP contribution < -0.4 is 5.32 Å². The maximum absolute atomic E-state index is 5.13. The largest absolute Gasteiger partial charge is 0.380 e. The Balaban J connectivity index is 1.78. The van der Waals surface area contributed by atoms with Crippen molar-refractivity contribution in [2.45, 2.75) is 43.6 Å². The zero-order valence-electron chi connectivity index (χ0n) is 12.1. The Kier molecular flexibility index (Phi) is 5.74. The fourth-order valence-electron chi connectivity index (χ4n) is 2.83. The van der Waals surface area contributed by atoms with Crippen molar-refractivity contribution in [1.29, 1.82) is 0 Å². The lowest BCUT2D eigenvalue weighted by Crippen LogP contribution is -2.34. The van der Waals surface area contributed by atoms with E-state index in [1.807, 2.05) is 11.8 Å². The molecule has 0 saturated heterocycles. The molecule has 1 aromatic rings. The minimum absolute atomic E-state index is 0.496. The molecular weight excluding hydrogens is 254 g/mol. The third-order valence-electron chi connectivity index (χ3n) is 4.06. The van der Waals surface area contributed by atoms with Crippen LogP contribution in [-0.2, 0) is 17.9 Å². The zero-order chi connectivity index (χ0) is 13.6. The van der Waals surface area contributed by atoms with Gasteiger partial charge in [0.15, 0.2) is 0 Å². The van der Waals surface area contributed by atoms with E-state index in [2.05, 4.69) is 35.8 Å². The van der Waals surface area contributed by atoms with Gasteiger partial charge in [-0.05, 0) is 30.2 Å². The molecule has 0 aromatic heterocycles. The van der Waals surface area contributed by atoms with Gasteiger partial charge in [-0.15, -0.1) is 0 Å². The van der Waals surface area contributed by atoms with Crippen LogP contribution in [0.4, 0.5) is 0 Å². The number of hydrogen-bond acceptors (Lipinski definition) is 3. The summed E-state index contributed by atoms with van der Waals surface area (Å²) in [6, 6.07) is 8.70. The lowest BCUT2D eigenvalue weighted by atomic mass is 10.1. The molecule has 0 heterocycles. The molecule has 0 spiro atoms. The van der Waals surface area contributed by atoms with E-state index in [-0.39, 0.29) is 0 Å². The van der Waals surface area contributed by atoms with Crippen LogP contribution in [0.5, 0.6) is 0 Å². The highest BCUT2D eigenvalue weighted by atomic mass is 32.2. The molecule has 1 N–H and O–H groups in total. The summed E-state index contributed by atoms with van der Waals surface area (Å²) >= 11 is 2.05. The molecule has 1 aliphatic rings. The van der Waals surface area contributed by atoms with Crippen LogP contribution >= 0.6 is 11.8 Å². The average molecular weight is 279 g/mol. The molecule has 1 fully saturated rings. The van der Waals surface area contributed by atoms with Crippen LogP contribution in [-0.4, -0.2) is 24.7 Å². The van der Waals surface area contributed by atoms with Crippen LogP contribution in [0.15, 0.2) is 24.3 Å².